The van der Waals surface area contributed by atoms with Crippen LogP contribution >= 0.6 is 0 Å². The molecule has 0 saturated heterocycles. The normalized spacial score (nSPS) is 14.7. The van der Waals surface area contributed by atoms with Crippen molar-refractivity contribution < 1.29 is 33.5 Å². The quantitative estimate of drug-likeness (QED) is 0.202. The number of hydrogen-bond acceptors (Lipinski definition) is 7. The predicted octanol–water partition coefficient (Wildman–Crippen LogP) is -0.555. The van der Waals surface area contributed by atoms with Crippen molar-refractivity contribution in [3.05, 3.63) is 12.2 Å². The fourth-order valence-electron chi connectivity index (χ4n) is 2.81. The molecule has 0 aliphatic carbocycles. The standard InChI is InChI=1S/C22H35N5O7/c1-13(2)12-34-22(33)24-10-9-23-20(31)15(5)25-21(32)19(14(3)4)26-16(28)8-11-27-17(29)6-7-18(27)30/h6-7,13-15,19H,8-12H2,1-5H3,(H,23,31)(H,24,33)(H,25,32)(H,26,28)/t15-,19?/m0/s1. The molecule has 1 aliphatic heterocycles. The van der Waals surface area contributed by atoms with E-state index in [0.29, 0.717) is 6.61 Å². The first-order valence-corrected chi connectivity index (χ1v) is 11.2. The summed E-state index contributed by atoms with van der Waals surface area (Å²) in [5.74, 6) is -2.55. The lowest BCUT2D eigenvalue weighted by Crippen LogP contribution is -2.55. The number of rotatable bonds is 13. The summed E-state index contributed by atoms with van der Waals surface area (Å²) in [7, 11) is 0. The van der Waals surface area contributed by atoms with Crippen LogP contribution in [-0.4, -0.2) is 78.9 Å². The fraction of sp³-hybridized carbons (Fsp3) is 0.636. The molecule has 1 unspecified atom stereocenters. The first-order chi connectivity index (χ1) is 15.9. The fourth-order valence-corrected chi connectivity index (χ4v) is 2.81. The van der Waals surface area contributed by atoms with Gasteiger partial charge in [0.05, 0.1) is 6.61 Å². The number of hydrogen-bond donors (Lipinski definition) is 4. The van der Waals surface area contributed by atoms with Gasteiger partial charge < -0.3 is 26.0 Å². The van der Waals surface area contributed by atoms with Crippen LogP contribution in [0, 0.1) is 11.8 Å². The average Bonchev–Trinajstić information content (AvgIpc) is 3.08. The molecule has 0 bridgehead atoms. The first kappa shape index (κ1) is 28.6. The van der Waals surface area contributed by atoms with Crippen molar-refractivity contribution in [2.45, 2.75) is 53.1 Å². The van der Waals surface area contributed by atoms with Crippen LogP contribution in [0.3, 0.4) is 0 Å². The van der Waals surface area contributed by atoms with E-state index >= 15 is 0 Å². The smallest absolute Gasteiger partial charge is 0.407 e. The highest BCUT2D eigenvalue weighted by Gasteiger charge is 2.28. The summed E-state index contributed by atoms with van der Waals surface area (Å²) in [4.78, 5) is 72.7. The van der Waals surface area contributed by atoms with Crippen molar-refractivity contribution in [3.8, 4) is 0 Å². The van der Waals surface area contributed by atoms with Gasteiger partial charge in [0.25, 0.3) is 11.8 Å². The molecule has 4 N–H and O–H groups in total. The molecule has 2 atom stereocenters. The van der Waals surface area contributed by atoms with Crippen molar-refractivity contribution >= 4 is 35.6 Å². The molecular formula is C22H35N5O7. The number of imide groups is 1. The maximum Gasteiger partial charge on any atom is 0.407 e. The molecule has 1 aliphatic rings. The Balaban J connectivity index is 2.42. The number of amides is 6. The Hall–Kier alpha value is -3.44. The molecule has 0 radical (unpaired) electrons. The summed E-state index contributed by atoms with van der Waals surface area (Å²) in [6, 6.07) is -1.80. The Kier molecular flexibility index (Phi) is 11.7. The highest BCUT2D eigenvalue weighted by molar-refractivity contribution is 6.13. The molecule has 0 aromatic carbocycles. The third kappa shape index (κ3) is 10.0. The number of ether oxygens (including phenoxy) is 1. The molecule has 1 heterocycles. The van der Waals surface area contributed by atoms with Gasteiger partial charge in [0.2, 0.25) is 17.7 Å². The second kappa shape index (κ2) is 14.0. The Bertz CT molecular complexity index is 791. The summed E-state index contributed by atoms with van der Waals surface area (Å²) in [6.45, 7) is 9.28. The zero-order valence-electron chi connectivity index (χ0n) is 20.3. The number of carbonyl (C=O) groups is 6. The van der Waals surface area contributed by atoms with Gasteiger partial charge in [-0.2, -0.15) is 0 Å². The first-order valence-electron chi connectivity index (χ1n) is 11.2. The lowest BCUT2D eigenvalue weighted by atomic mass is 10.0. The minimum Gasteiger partial charge on any atom is -0.449 e. The third-order valence-electron chi connectivity index (χ3n) is 4.72. The molecule has 190 valence electrons. The monoisotopic (exact) mass is 481 g/mol. The van der Waals surface area contributed by atoms with Gasteiger partial charge in [-0.05, 0) is 18.8 Å². The molecule has 0 aromatic rings. The molecule has 0 fully saturated rings. The predicted molar refractivity (Wildman–Crippen MR) is 122 cm³/mol. The van der Waals surface area contributed by atoms with E-state index in [2.05, 4.69) is 21.3 Å². The van der Waals surface area contributed by atoms with Crippen molar-refractivity contribution in [1.29, 1.82) is 0 Å². The van der Waals surface area contributed by atoms with Crippen LogP contribution in [-0.2, 0) is 28.7 Å². The van der Waals surface area contributed by atoms with E-state index in [-0.39, 0.29) is 37.9 Å². The van der Waals surface area contributed by atoms with Gasteiger partial charge >= 0.3 is 6.09 Å². The van der Waals surface area contributed by atoms with Crippen LogP contribution in [0.15, 0.2) is 12.2 Å². The molecule has 6 amide bonds. The summed E-state index contributed by atoms with van der Waals surface area (Å²) >= 11 is 0. The summed E-state index contributed by atoms with van der Waals surface area (Å²) in [6.07, 6.45) is 1.53. The van der Waals surface area contributed by atoms with E-state index in [1.54, 1.807) is 13.8 Å². The minimum absolute atomic E-state index is 0.0964. The van der Waals surface area contributed by atoms with E-state index in [0.717, 1.165) is 17.1 Å². The molecule has 1 rings (SSSR count). The van der Waals surface area contributed by atoms with Crippen molar-refractivity contribution in [2.24, 2.45) is 11.8 Å². The highest BCUT2D eigenvalue weighted by Crippen LogP contribution is 2.06. The maximum atomic E-state index is 12.6. The van der Waals surface area contributed by atoms with E-state index in [1.165, 1.54) is 6.92 Å². The van der Waals surface area contributed by atoms with E-state index < -0.39 is 47.7 Å². The second-order valence-corrected chi connectivity index (χ2v) is 8.64. The Morgan fingerprint density at radius 3 is 2.03 bits per heavy atom. The number of nitrogens with zero attached hydrogens (tertiary/aromatic N) is 1. The lowest BCUT2D eigenvalue weighted by molar-refractivity contribution is -0.137. The van der Waals surface area contributed by atoms with Gasteiger partial charge in [-0.25, -0.2) is 4.79 Å². The van der Waals surface area contributed by atoms with Crippen LogP contribution in [0.5, 0.6) is 0 Å². The van der Waals surface area contributed by atoms with Crippen molar-refractivity contribution in [1.82, 2.24) is 26.2 Å². The van der Waals surface area contributed by atoms with Gasteiger partial charge in [-0.1, -0.05) is 27.7 Å². The van der Waals surface area contributed by atoms with Gasteiger partial charge in [0.1, 0.15) is 12.1 Å². The van der Waals surface area contributed by atoms with Crippen LogP contribution in [0.4, 0.5) is 4.79 Å². The molecular weight excluding hydrogens is 446 g/mol. The van der Waals surface area contributed by atoms with Crippen LogP contribution in [0.1, 0.15) is 41.0 Å². The van der Waals surface area contributed by atoms with Crippen LogP contribution in [0.25, 0.3) is 0 Å². The van der Waals surface area contributed by atoms with Crippen LogP contribution in [0.2, 0.25) is 0 Å². The molecule has 12 heteroatoms. The largest absolute Gasteiger partial charge is 0.449 e. The summed E-state index contributed by atoms with van der Waals surface area (Å²) in [5.41, 5.74) is 0. The van der Waals surface area contributed by atoms with E-state index in [4.69, 9.17) is 4.74 Å². The number of carbonyl (C=O) groups excluding carboxylic acids is 6. The molecule has 0 aromatic heterocycles. The lowest BCUT2D eigenvalue weighted by Gasteiger charge is -2.24. The molecule has 0 spiro atoms. The van der Waals surface area contributed by atoms with Crippen molar-refractivity contribution in [2.75, 3.05) is 26.2 Å². The Morgan fingerprint density at radius 1 is 0.882 bits per heavy atom. The molecule has 0 saturated carbocycles. The van der Waals surface area contributed by atoms with Crippen molar-refractivity contribution in [3.63, 3.8) is 0 Å². The third-order valence-corrected chi connectivity index (χ3v) is 4.72. The Labute approximate surface area is 199 Å². The summed E-state index contributed by atoms with van der Waals surface area (Å²) < 4.78 is 4.95. The molecule has 34 heavy (non-hydrogen) atoms. The zero-order valence-corrected chi connectivity index (χ0v) is 20.3. The van der Waals surface area contributed by atoms with Gasteiger partial charge in [0.15, 0.2) is 0 Å². The van der Waals surface area contributed by atoms with E-state index in [1.807, 2.05) is 13.8 Å². The topological polar surface area (TPSA) is 163 Å². The van der Waals surface area contributed by atoms with E-state index in [9.17, 15) is 28.8 Å². The zero-order chi connectivity index (χ0) is 25.8. The molecule has 12 nitrogen and oxygen atoms in total. The summed E-state index contributed by atoms with van der Waals surface area (Å²) in [5, 5.41) is 10.2. The Morgan fingerprint density at radius 2 is 1.47 bits per heavy atom. The number of nitrogens with one attached hydrogen (secondary N) is 4. The average molecular weight is 482 g/mol. The van der Waals surface area contributed by atoms with Gasteiger partial charge in [-0.15, -0.1) is 0 Å². The maximum absolute atomic E-state index is 12.6. The second-order valence-electron chi connectivity index (χ2n) is 8.64. The number of alkyl carbamates (subject to hydrolysis) is 1. The van der Waals surface area contributed by atoms with Gasteiger partial charge in [-0.3, -0.25) is 28.9 Å². The van der Waals surface area contributed by atoms with Crippen LogP contribution < -0.4 is 21.3 Å². The van der Waals surface area contributed by atoms with Gasteiger partial charge in [0, 0.05) is 38.2 Å². The SMILES string of the molecule is CC(C)COC(=O)NCCNC(=O)[C@H](C)NC(=O)C(NC(=O)CCN1C(=O)C=CC1=O)C(C)C. The minimum atomic E-state index is -0.914. The highest BCUT2D eigenvalue weighted by atomic mass is 16.5.